The number of nitrogens with zero attached hydrogens (tertiary/aromatic N) is 2. The normalized spacial score (nSPS) is 9.79. The van der Waals surface area contributed by atoms with Gasteiger partial charge in [0.05, 0.1) is 24.6 Å². The lowest BCUT2D eigenvalue weighted by atomic mass is 10.2. The molecule has 0 atom stereocenters. The summed E-state index contributed by atoms with van der Waals surface area (Å²) < 4.78 is 4.94. The smallest absolute Gasteiger partial charge is 0.257 e. The second-order valence-corrected chi connectivity index (χ2v) is 3.73. The third kappa shape index (κ3) is 3.19. The maximum atomic E-state index is 11.9. The van der Waals surface area contributed by atoms with E-state index in [1.807, 2.05) is 0 Å². The summed E-state index contributed by atoms with van der Waals surface area (Å²) >= 11 is 0. The van der Waals surface area contributed by atoms with Crippen molar-refractivity contribution in [2.45, 2.75) is 0 Å². The van der Waals surface area contributed by atoms with Gasteiger partial charge in [-0.05, 0) is 18.2 Å². The van der Waals surface area contributed by atoms with Crippen LogP contribution in [0.4, 0.5) is 11.5 Å². The average Bonchev–Trinajstić information content (AvgIpc) is 2.48. The van der Waals surface area contributed by atoms with Crippen LogP contribution in [0.2, 0.25) is 0 Å². The minimum atomic E-state index is -0.234. The molecule has 0 aliphatic carbocycles. The lowest BCUT2D eigenvalue weighted by Crippen LogP contribution is -2.12. The Balaban J connectivity index is 2.06. The van der Waals surface area contributed by atoms with Crippen molar-refractivity contribution in [3.8, 4) is 5.88 Å². The van der Waals surface area contributed by atoms with E-state index in [9.17, 15) is 4.79 Å². The zero-order chi connectivity index (χ0) is 13.7. The van der Waals surface area contributed by atoms with Crippen molar-refractivity contribution in [1.82, 2.24) is 9.97 Å². The molecule has 2 heterocycles. The molecule has 6 heteroatoms. The van der Waals surface area contributed by atoms with E-state index in [1.54, 1.807) is 31.3 Å². The number of carbonyl (C=O) groups is 1. The van der Waals surface area contributed by atoms with Crippen LogP contribution in [-0.4, -0.2) is 30.0 Å². The van der Waals surface area contributed by atoms with Gasteiger partial charge in [-0.25, -0.2) is 9.97 Å². The third-order valence-electron chi connectivity index (χ3n) is 2.49. The van der Waals surface area contributed by atoms with E-state index in [1.165, 1.54) is 19.5 Å². The Kier molecular flexibility index (Phi) is 3.92. The van der Waals surface area contributed by atoms with Crippen LogP contribution >= 0.6 is 0 Å². The van der Waals surface area contributed by atoms with Crippen molar-refractivity contribution >= 4 is 17.4 Å². The van der Waals surface area contributed by atoms with E-state index in [2.05, 4.69) is 20.6 Å². The zero-order valence-corrected chi connectivity index (χ0v) is 10.7. The predicted octanol–water partition coefficient (Wildman–Crippen LogP) is 1.78. The standard InChI is InChI=1S/C13H14N4O2/c1-14-11-5-3-9(7-15-11)13(18)17-10-4-6-12(19-2)16-8-10/h3-8H,1-2H3,(H,14,15)(H,17,18). The molecule has 19 heavy (non-hydrogen) atoms. The van der Waals surface area contributed by atoms with Gasteiger partial charge in [0.2, 0.25) is 5.88 Å². The van der Waals surface area contributed by atoms with Crippen LogP contribution in [0.25, 0.3) is 0 Å². The maximum Gasteiger partial charge on any atom is 0.257 e. The van der Waals surface area contributed by atoms with E-state index in [4.69, 9.17) is 4.74 Å². The monoisotopic (exact) mass is 258 g/mol. The molecule has 2 rings (SSSR count). The summed E-state index contributed by atoms with van der Waals surface area (Å²) in [7, 11) is 3.31. The molecule has 6 nitrogen and oxygen atoms in total. The van der Waals surface area contributed by atoms with Crippen LogP contribution in [0.1, 0.15) is 10.4 Å². The van der Waals surface area contributed by atoms with Gasteiger partial charge in [-0.15, -0.1) is 0 Å². The van der Waals surface area contributed by atoms with Gasteiger partial charge in [0.25, 0.3) is 5.91 Å². The van der Waals surface area contributed by atoms with Crippen LogP contribution in [0.15, 0.2) is 36.7 Å². The molecule has 0 fully saturated rings. The molecule has 1 amide bonds. The van der Waals surface area contributed by atoms with Crippen molar-refractivity contribution in [1.29, 1.82) is 0 Å². The first-order chi connectivity index (χ1) is 9.22. The fourth-order valence-corrected chi connectivity index (χ4v) is 1.45. The molecule has 0 aliphatic rings. The first-order valence-corrected chi connectivity index (χ1v) is 5.68. The van der Waals surface area contributed by atoms with Crippen LogP contribution in [0, 0.1) is 0 Å². The number of rotatable bonds is 4. The van der Waals surface area contributed by atoms with Gasteiger partial charge in [0, 0.05) is 19.3 Å². The molecule has 0 saturated carbocycles. The number of hydrogen-bond donors (Lipinski definition) is 2. The Hall–Kier alpha value is -2.63. The van der Waals surface area contributed by atoms with Crippen molar-refractivity contribution in [2.75, 3.05) is 24.8 Å². The molecule has 2 aromatic rings. The Morgan fingerprint density at radius 2 is 2.00 bits per heavy atom. The summed E-state index contributed by atoms with van der Waals surface area (Å²) in [5.41, 5.74) is 1.08. The molecular formula is C13H14N4O2. The molecular weight excluding hydrogens is 244 g/mol. The fourth-order valence-electron chi connectivity index (χ4n) is 1.45. The number of amides is 1. The Morgan fingerprint density at radius 1 is 1.16 bits per heavy atom. The summed E-state index contributed by atoms with van der Waals surface area (Å²) in [5.74, 6) is 0.975. The van der Waals surface area contributed by atoms with Gasteiger partial charge in [0.15, 0.2) is 0 Å². The molecule has 0 unspecified atom stereocenters. The number of aromatic nitrogens is 2. The molecule has 0 spiro atoms. The lowest BCUT2D eigenvalue weighted by molar-refractivity contribution is 0.102. The molecule has 0 saturated heterocycles. The highest BCUT2D eigenvalue weighted by molar-refractivity contribution is 6.04. The minimum absolute atomic E-state index is 0.234. The zero-order valence-electron chi connectivity index (χ0n) is 10.7. The number of ether oxygens (including phenoxy) is 1. The van der Waals surface area contributed by atoms with Crippen LogP contribution in [0.3, 0.4) is 0 Å². The van der Waals surface area contributed by atoms with Crippen molar-refractivity contribution in [3.05, 3.63) is 42.2 Å². The second-order valence-electron chi connectivity index (χ2n) is 3.73. The van der Waals surface area contributed by atoms with Crippen molar-refractivity contribution < 1.29 is 9.53 Å². The summed E-state index contributed by atoms with van der Waals surface area (Å²) in [6.45, 7) is 0. The first kappa shape index (κ1) is 12.8. The van der Waals surface area contributed by atoms with Gasteiger partial charge >= 0.3 is 0 Å². The molecule has 2 N–H and O–H groups in total. The van der Waals surface area contributed by atoms with Crippen LogP contribution in [-0.2, 0) is 0 Å². The van der Waals surface area contributed by atoms with Gasteiger partial charge in [0.1, 0.15) is 5.82 Å². The summed E-state index contributed by atoms with van der Waals surface area (Å²) in [6.07, 6.45) is 3.05. The lowest BCUT2D eigenvalue weighted by Gasteiger charge is -2.06. The van der Waals surface area contributed by atoms with Crippen LogP contribution in [0.5, 0.6) is 5.88 Å². The fraction of sp³-hybridized carbons (Fsp3) is 0.154. The Labute approximate surface area is 110 Å². The second kappa shape index (κ2) is 5.81. The van der Waals surface area contributed by atoms with E-state index in [-0.39, 0.29) is 5.91 Å². The summed E-state index contributed by atoms with van der Waals surface area (Å²) in [4.78, 5) is 20.0. The molecule has 0 aromatic carbocycles. The first-order valence-electron chi connectivity index (χ1n) is 5.68. The van der Waals surface area contributed by atoms with Gasteiger partial charge < -0.3 is 15.4 Å². The Morgan fingerprint density at radius 3 is 2.53 bits per heavy atom. The van der Waals surface area contributed by atoms with Gasteiger partial charge in [-0.2, -0.15) is 0 Å². The third-order valence-corrected chi connectivity index (χ3v) is 2.49. The quantitative estimate of drug-likeness (QED) is 0.874. The number of nitrogens with one attached hydrogen (secondary N) is 2. The van der Waals surface area contributed by atoms with Gasteiger partial charge in [-0.1, -0.05) is 0 Å². The SMILES string of the molecule is CNc1ccc(C(=O)Nc2ccc(OC)nc2)cn1. The van der Waals surface area contributed by atoms with Gasteiger partial charge in [-0.3, -0.25) is 4.79 Å². The number of hydrogen-bond acceptors (Lipinski definition) is 5. The van der Waals surface area contributed by atoms with E-state index >= 15 is 0 Å². The number of anilines is 2. The minimum Gasteiger partial charge on any atom is -0.481 e. The highest BCUT2D eigenvalue weighted by atomic mass is 16.5. The molecule has 0 radical (unpaired) electrons. The molecule has 0 bridgehead atoms. The van der Waals surface area contributed by atoms with Crippen molar-refractivity contribution in [2.24, 2.45) is 0 Å². The van der Waals surface area contributed by atoms with E-state index in [0.29, 0.717) is 22.9 Å². The molecule has 98 valence electrons. The van der Waals surface area contributed by atoms with Crippen molar-refractivity contribution in [3.63, 3.8) is 0 Å². The number of pyridine rings is 2. The molecule has 2 aromatic heterocycles. The number of methoxy groups -OCH3 is 1. The van der Waals surface area contributed by atoms with Crippen LogP contribution < -0.4 is 15.4 Å². The van der Waals surface area contributed by atoms with E-state index < -0.39 is 0 Å². The molecule has 0 aliphatic heterocycles. The highest BCUT2D eigenvalue weighted by Gasteiger charge is 2.06. The predicted molar refractivity (Wildman–Crippen MR) is 72.5 cm³/mol. The highest BCUT2D eigenvalue weighted by Crippen LogP contribution is 2.12. The Bertz CT molecular complexity index is 552. The largest absolute Gasteiger partial charge is 0.481 e. The summed E-state index contributed by atoms with van der Waals surface area (Å²) in [6, 6.07) is 6.84. The number of carbonyl (C=O) groups excluding carboxylic acids is 1. The maximum absolute atomic E-state index is 11.9. The van der Waals surface area contributed by atoms with E-state index in [0.717, 1.165) is 0 Å². The average molecular weight is 258 g/mol. The topological polar surface area (TPSA) is 76.1 Å². The summed E-state index contributed by atoms with van der Waals surface area (Å²) in [5, 5.41) is 5.62.